The second-order valence-electron chi connectivity index (χ2n) is 6.72. The molecule has 0 aliphatic rings. The van der Waals surface area contributed by atoms with Gasteiger partial charge in [-0.05, 0) is 43.5 Å². The molecule has 158 valence electrons. The number of nitrogen functional groups attached to an aromatic ring is 1. The number of nitrogens with zero attached hydrogens (tertiary/aromatic N) is 2. The average molecular weight is 404 g/mol. The Morgan fingerprint density at radius 3 is 2.59 bits per heavy atom. The quantitative estimate of drug-likeness (QED) is 0.648. The van der Waals surface area contributed by atoms with Crippen LogP contribution in [0.5, 0.6) is 5.75 Å². The van der Waals surface area contributed by atoms with Crippen LogP contribution in [0.2, 0.25) is 0 Å². The molecule has 1 amide bonds. The minimum Gasteiger partial charge on any atom is -0.484 e. The highest BCUT2D eigenvalue weighted by atomic mass is 16.5. The molecular formula is C20H28N4O5. The number of hydrogen-bond donors (Lipinski definition) is 2. The van der Waals surface area contributed by atoms with Crippen molar-refractivity contribution in [2.75, 3.05) is 37.5 Å². The Morgan fingerprint density at radius 2 is 1.97 bits per heavy atom. The van der Waals surface area contributed by atoms with E-state index in [1.807, 2.05) is 32.9 Å². The lowest BCUT2D eigenvalue weighted by atomic mass is 10.1. The van der Waals surface area contributed by atoms with Crippen molar-refractivity contribution in [3.8, 4) is 5.75 Å². The maximum Gasteiger partial charge on any atom is 0.330 e. The number of anilines is 2. The van der Waals surface area contributed by atoms with Crippen molar-refractivity contribution in [3.05, 3.63) is 50.2 Å². The second kappa shape index (κ2) is 9.92. The van der Waals surface area contributed by atoms with Gasteiger partial charge in [0.05, 0.1) is 6.61 Å². The molecule has 29 heavy (non-hydrogen) atoms. The van der Waals surface area contributed by atoms with Crippen LogP contribution in [0.25, 0.3) is 0 Å². The third kappa shape index (κ3) is 5.26. The largest absolute Gasteiger partial charge is 0.484 e. The molecule has 0 saturated carbocycles. The molecule has 9 heteroatoms. The Morgan fingerprint density at radius 1 is 1.24 bits per heavy atom. The first-order valence-corrected chi connectivity index (χ1v) is 9.42. The van der Waals surface area contributed by atoms with Crippen molar-refractivity contribution in [1.82, 2.24) is 9.55 Å². The summed E-state index contributed by atoms with van der Waals surface area (Å²) >= 11 is 0. The Labute approximate surface area is 169 Å². The molecule has 0 radical (unpaired) electrons. The molecule has 9 nitrogen and oxygen atoms in total. The molecule has 0 unspecified atom stereocenters. The third-order valence-electron chi connectivity index (χ3n) is 4.59. The summed E-state index contributed by atoms with van der Waals surface area (Å²) in [5.41, 5.74) is 6.83. The van der Waals surface area contributed by atoms with Crippen molar-refractivity contribution in [2.24, 2.45) is 0 Å². The Kier molecular flexibility index (Phi) is 7.60. The summed E-state index contributed by atoms with van der Waals surface area (Å²) in [6.45, 7) is 6.10. The molecule has 2 aromatic rings. The van der Waals surface area contributed by atoms with E-state index in [-0.39, 0.29) is 31.3 Å². The summed E-state index contributed by atoms with van der Waals surface area (Å²) < 4.78 is 11.9. The summed E-state index contributed by atoms with van der Waals surface area (Å²) in [6.07, 6.45) is 0.636. The predicted octanol–water partition coefficient (Wildman–Crippen LogP) is 1.20. The number of rotatable bonds is 9. The van der Waals surface area contributed by atoms with Gasteiger partial charge in [0.15, 0.2) is 12.3 Å². The fourth-order valence-electron chi connectivity index (χ4n) is 2.85. The number of aromatic nitrogens is 2. The molecule has 2 rings (SSSR count). The van der Waals surface area contributed by atoms with Crippen LogP contribution in [-0.2, 0) is 16.1 Å². The minimum atomic E-state index is -0.726. The van der Waals surface area contributed by atoms with Crippen LogP contribution in [-0.4, -0.2) is 42.3 Å². The Hall–Kier alpha value is -3.07. The summed E-state index contributed by atoms with van der Waals surface area (Å²) in [5, 5.41) is 0. The van der Waals surface area contributed by atoms with E-state index in [1.165, 1.54) is 16.6 Å². The minimum absolute atomic E-state index is 0.0590. The zero-order chi connectivity index (χ0) is 21.6. The molecular weight excluding hydrogens is 376 g/mol. The number of hydrogen-bond acceptors (Lipinski definition) is 6. The van der Waals surface area contributed by atoms with Gasteiger partial charge in [-0.15, -0.1) is 0 Å². The van der Waals surface area contributed by atoms with Gasteiger partial charge in [0.1, 0.15) is 11.6 Å². The zero-order valence-corrected chi connectivity index (χ0v) is 17.3. The maximum atomic E-state index is 12.9. The maximum absolute atomic E-state index is 12.9. The number of nitrogens with two attached hydrogens (primary N) is 1. The number of nitrogens with one attached hydrogen (secondary N) is 1. The highest BCUT2D eigenvalue weighted by Gasteiger charge is 2.24. The first-order valence-electron chi connectivity index (χ1n) is 9.42. The molecule has 1 aromatic carbocycles. The van der Waals surface area contributed by atoms with Crippen molar-refractivity contribution in [3.63, 3.8) is 0 Å². The van der Waals surface area contributed by atoms with E-state index in [4.69, 9.17) is 15.2 Å². The first kappa shape index (κ1) is 22.2. The van der Waals surface area contributed by atoms with E-state index in [0.717, 1.165) is 11.1 Å². The lowest BCUT2D eigenvalue weighted by Crippen LogP contribution is -2.44. The number of carbonyl (C=O) groups excluding carboxylic acids is 1. The van der Waals surface area contributed by atoms with E-state index in [9.17, 15) is 14.4 Å². The second-order valence-corrected chi connectivity index (χ2v) is 6.72. The molecule has 0 fully saturated rings. The smallest absolute Gasteiger partial charge is 0.330 e. The summed E-state index contributed by atoms with van der Waals surface area (Å²) in [7, 11) is 1.49. The van der Waals surface area contributed by atoms with Gasteiger partial charge in [0, 0.05) is 20.2 Å². The van der Waals surface area contributed by atoms with Gasteiger partial charge in [-0.25, -0.2) is 4.79 Å². The van der Waals surface area contributed by atoms with Gasteiger partial charge in [0.25, 0.3) is 11.5 Å². The monoisotopic (exact) mass is 404 g/mol. The lowest BCUT2D eigenvalue weighted by molar-refractivity contribution is -0.120. The topological polar surface area (TPSA) is 120 Å². The van der Waals surface area contributed by atoms with Gasteiger partial charge < -0.3 is 15.2 Å². The van der Waals surface area contributed by atoms with Crippen LogP contribution in [0.3, 0.4) is 0 Å². The van der Waals surface area contributed by atoms with Gasteiger partial charge in [-0.2, -0.15) is 0 Å². The first-order chi connectivity index (χ1) is 13.8. The molecule has 1 heterocycles. The summed E-state index contributed by atoms with van der Waals surface area (Å²) in [4.78, 5) is 40.8. The van der Waals surface area contributed by atoms with Crippen LogP contribution < -0.4 is 26.6 Å². The van der Waals surface area contributed by atoms with Crippen molar-refractivity contribution < 1.29 is 14.3 Å². The van der Waals surface area contributed by atoms with Crippen LogP contribution in [0.1, 0.15) is 24.5 Å². The van der Waals surface area contributed by atoms with Crippen molar-refractivity contribution in [1.29, 1.82) is 0 Å². The van der Waals surface area contributed by atoms with E-state index in [0.29, 0.717) is 18.7 Å². The lowest BCUT2D eigenvalue weighted by Gasteiger charge is -2.24. The number of benzene rings is 1. The Balaban J connectivity index is 2.34. The average Bonchev–Trinajstić information content (AvgIpc) is 2.68. The van der Waals surface area contributed by atoms with Crippen molar-refractivity contribution in [2.45, 2.75) is 33.7 Å². The van der Waals surface area contributed by atoms with E-state index >= 15 is 0 Å². The molecule has 0 atom stereocenters. The molecule has 1 aromatic heterocycles. The normalized spacial score (nSPS) is 10.8. The van der Waals surface area contributed by atoms with E-state index in [1.54, 1.807) is 6.07 Å². The fourth-order valence-corrected chi connectivity index (χ4v) is 2.85. The van der Waals surface area contributed by atoms with Gasteiger partial charge in [-0.1, -0.05) is 13.0 Å². The number of aryl methyl sites for hydroxylation is 2. The third-order valence-corrected chi connectivity index (χ3v) is 4.59. The molecule has 0 spiro atoms. The van der Waals surface area contributed by atoms with Crippen molar-refractivity contribution >= 4 is 17.4 Å². The zero-order valence-electron chi connectivity index (χ0n) is 17.3. The number of ether oxygens (including phenoxy) is 2. The molecule has 3 N–H and O–H groups in total. The highest BCUT2D eigenvalue weighted by Crippen LogP contribution is 2.19. The number of H-pyrrole nitrogens is 1. The molecule has 0 bridgehead atoms. The number of aromatic amines is 1. The standard InChI is InChI=1S/C20H28N4O5/c1-5-8-24-18(21)17(19(26)22-20(24)27)23(9-10-28-4)16(25)12-29-15-7-6-13(2)14(3)11-15/h6-7,11H,5,8-10,12,21H2,1-4H3,(H,22,26,27). The van der Waals surface area contributed by atoms with E-state index < -0.39 is 17.2 Å². The SMILES string of the molecule is CCCn1c(N)c(N(CCOC)C(=O)COc2ccc(C)c(C)c2)c(=O)[nH]c1=O. The van der Waals surface area contributed by atoms with Gasteiger partial charge in [-0.3, -0.25) is 24.0 Å². The molecule has 0 aliphatic carbocycles. The Bertz CT molecular complexity index is 980. The van der Waals surface area contributed by atoms with E-state index in [2.05, 4.69) is 4.98 Å². The van der Waals surface area contributed by atoms with Gasteiger partial charge >= 0.3 is 5.69 Å². The highest BCUT2D eigenvalue weighted by molar-refractivity contribution is 5.96. The van der Waals surface area contributed by atoms with Crippen LogP contribution in [0.4, 0.5) is 11.5 Å². The van der Waals surface area contributed by atoms with Crippen LogP contribution in [0.15, 0.2) is 27.8 Å². The van der Waals surface area contributed by atoms with Gasteiger partial charge in [0.2, 0.25) is 0 Å². The molecule has 0 aliphatic heterocycles. The number of methoxy groups -OCH3 is 1. The number of carbonyl (C=O) groups is 1. The summed E-state index contributed by atoms with van der Waals surface area (Å²) in [5.74, 6) is 0.0152. The number of amides is 1. The fraction of sp³-hybridized carbons (Fsp3) is 0.450. The van der Waals surface area contributed by atoms with Crippen LogP contribution in [0, 0.1) is 13.8 Å². The summed E-state index contributed by atoms with van der Waals surface area (Å²) in [6, 6.07) is 5.52. The molecule has 0 saturated heterocycles. The predicted molar refractivity (Wildman–Crippen MR) is 112 cm³/mol. The van der Waals surface area contributed by atoms with Crippen LogP contribution >= 0.6 is 0 Å².